The molecule has 1 aromatic heterocycles. The van der Waals surface area contributed by atoms with Crippen LogP contribution in [-0.4, -0.2) is 60.5 Å². The lowest BCUT2D eigenvalue weighted by atomic mass is 10.2. The Morgan fingerprint density at radius 1 is 1.60 bits per heavy atom. The van der Waals surface area contributed by atoms with Crippen LogP contribution in [0.25, 0.3) is 0 Å². The zero-order valence-electron chi connectivity index (χ0n) is 12.2. The Labute approximate surface area is 124 Å². The molecule has 1 fully saturated rings. The normalized spacial score (nSPS) is 18.6. The van der Waals surface area contributed by atoms with E-state index >= 15 is 0 Å². The third-order valence-corrected chi connectivity index (χ3v) is 3.90. The number of amides is 1. The van der Waals surface area contributed by atoms with Crippen LogP contribution >= 0.6 is 11.6 Å². The van der Waals surface area contributed by atoms with Crippen molar-refractivity contribution in [1.29, 1.82) is 0 Å². The average Bonchev–Trinajstić information content (AvgIpc) is 2.90. The highest BCUT2D eigenvalue weighted by Gasteiger charge is 2.28. The van der Waals surface area contributed by atoms with Gasteiger partial charge in [-0.25, -0.2) is 4.98 Å². The van der Waals surface area contributed by atoms with Crippen LogP contribution in [0.4, 0.5) is 5.82 Å². The Morgan fingerprint density at radius 3 is 2.90 bits per heavy atom. The third kappa shape index (κ3) is 3.22. The molecule has 0 spiro atoms. The molecule has 1 atom stereocenters. The maximum absolute atomic E-state index is 12.4. The van der Waals surface area contributed by atoms with Crippen LogP contribution in [0.1, 0.15) is 23.7 Å². The number of aromatic nitrogens is 1. The van der Waals surface area contributed by atoms with Crippen LogP contribution in [0.2, 0.25) is 5.02 Å². The fourth-order valence-corrected chi connectivity index (χ4v) is 2.62. The van der Waals surface area contributed by atoms with Crippen LogP contribution in [0.15, 0.2) is 12.3 Å². The van der Waals surface area contributed by atoms with E-state index < -0.39 is 0 Å². The maximum atomic E-state index is 12.4. The van der Waals surface area contributed by atoms with Crippen molar-refractivity contribution in [2.45, 2.75) is 19.4 Å². The van der Waals surface area contributed by atoms with Gasteiger partial charge >= 0.3 is 0 Å². The number of rotatable bonds is 4. The number of hydrogen-bond acceptors (Lipinski definition) is 4. The summed E-state index contributed by atoms with van der Waals surface area (Å²) in [5, 5.41) is 3.55. The molecule has 1 aromatic rings. The molecule has 0 radical (unpaired) electrons. The number of nitrogens with zero attached hydrogens (tertiary/aromatic N) is 3. The molecule has 1 aliphatic heterocycles. The van der Waals surface area contributed by atoms with Gasteiger partial charge in [0.1, 0.15) is 5.82 Å². The number of pyridine rings is 1. The number of nitrogens with one attached hydrogen (secondary N) is 1. The first-order valence-electron chi connectivity index (χ1n) is 6.88. The van der Waals surface area contributed by atoms with Crippen LogP contribution in [0, 0.1) is 0 Å². The summed E-state index contributed by atoms with van der Waals surface area (Å²) in [5.41, 5.74) is 0.552. The first kappa shape index (κ1) is 15.1. The SMILES string of the molecule is CCNc1ncc(C(=O)N2CCC(N(C)C)C2)cc1Cl. The predicted molar refractivity (Wildman–Crippen MR) is 81.4 cm³/mol. The monoisotopic (exact) mass is 296 g/mol. The summed E-state index contributed by atoms with van der Waals surface area (Å²) in [5.74, 6) is 0.630. The Hall–Kier alpha value is -1.33. The molecule has 20 heavy (non-hydrogen) atoms. The van der Waals surface area contributed by atoms with Gasteiger partial charge in [0.05, 0.1) is 10.6 Å². The highest BCUT2D eigenvalue weighted by atomic mass is 35.5. The zero-order valence-corrected chi connectivity index (χ0v) is 12.9. The largest absolute Gasteiger partial charge is 0.369 e. The number of carbonyl (C=O) groups excluding carboxylic acids is 1. The van der Waals surface area contributed by atoms with Crippen LogP contribution in [0.5, 0.6) is 0 Å². The Bertz CT molecular complexity index is 492. The smallest absolute Gasteiger partial charge is 0.255 e. The molecule has 0 bridgehead atoms. The van der Waals surface area contributed by atoms with Crippen molar-refractivity contribution in [3.8, 4) is 0 Å². The maximum Gasteiger partial charge on any atom is 0.255 e. The standard InChI is InChI=1S/C14H21ClN4O/c1-4-16-13-12(15)7-10(8-17-13)14(20)19-6-5-11(9-19)18(2)3/h7-8,11H,4-6,9H2,1-3H3,(H,16,17). The molecule has 110 valence electrons. The number of likely N-dealkylation sites (N-methyl/N-ethyl adjacent to an activating group) is 1. The molecule has 0 aliphatic carbocycles. The number of carbonyl (C=O) groups is 1. The summed E-state index contributed by atoms with van der Waals surface area (Å²) in [6.07, 6.45) is 2.60. The highest BCUT2D eigenvalue weighted by Crippen LogP contribution is 2.22. The summed E-state index contributed by atoms with van der Waals surface area (Å²) in [6.45, 7) is 4.27. The topological polar surface area (TPSA) is 48.5 Å². The molecular formula is C14H21ClN4O. The van der Waals surface area contributed by atoms with E-state index in [2.05, 4.69) is 15.2 Å². The minimum atomic E-state index is 0.00629. The summed E-state index contributed by atoms with van der Waals surface area (Å²) in [6, 6.07) is 2.13. The van der Waals surface area contributed by atoms with Gasteiger partial charge < -0.3 is 15.1 Å². The third-order valence-electron chi connectivity index (χ3n) is 3.61. The average molecular weight is 297 g/mol. The molecule has 6 heteroatoms. The van der Waals surface area contributed by atoms with Gasteiger partial charge in [-0.3, -0.25) is 4.79 Å². The second-order valence-electron chi connectivity index (χ2n) is 5.24. The second kappa shape index (κ2) is 6.41. The first-order chi connectivity index (χ1) is 9.52. The number of hydrogen-bond donors (Lipinski definition) is 1. The van der Waals surface area contributed by atoms with E-state index in [9.17, 15) is 4.79 Å². The Kier molecular flexibility index (Phi) is 4.83. The van der Waals surface area contributed by atoms with Gasteiger partial charge in [-0.05, 0) is 33.5 Å². The summed E-state index contributed by atoms with van der Waals surface area (Å²) >= 11 is 6.13. The van der Waals surface area contributed by atoms with Gasteiger partial charge in [0.15, 0.2) is 0 Å². The zero-order chi connectivity index (χ0) is 14.7. The molecule has 2 rings (SSSR count). The van der Waals surface area contributed by atoms with Gasteiger partial charge in [0.2, 0.25) is 0 Å². The van der Waals surface area contributed by atoms with Crippen molar-refractivity contribution in [1.82, 2.24) is 14.8 Å². The second-order valence-corrected chi connectivity index (χ2v) is 5.65. The summed E-state index contributed by atoms with van der Waals surface area (Å²) < 4.78 is 0. The molecule has 1 amide bonds. The number of likely N-dealkylation sites (tertiary alicyclic amines) is 1. The summed E-state index contributed by atoms with van der Waals surface area (Å²) in [4.78, 5) is 20.7. The lowest BCUT2D eigenvalue weighted by Crippen LogP contribution is -2.34. The Balaban J connectivity index is 2.08. The van der Waals surface area contributed by atoms with E-state index in [0.717, 1.165) is 26.1 Å². The lowest BCUT2D eigenvalue weighted by molar-refractivity contribution is 0.0782. The molecule has 5 nitrogen and oxygen atoms in total. The predicted octanol–water partition coefficient (Wildman–Crippen LogP) is 1.94. The number of anilines is 1. The van der Waals surface area contributed by atoms with Gasteiger partial charge in [-0.15, -0.1) is 0 Å². The van der Waals surface area contributed by atoms with Crippen molar-refractivity contribution in [3.63, 3.8) is 0 Å². The van der Waals surface area contributed by atoms with Gasteiger partial charge in [-0.2, -0.15) is 0 Å². The lowest BCUT2D eigenvalue weighted by Gasteiger charge is -2.20. The van der Waals surface area contributed by atoms with Gasteiger partial charge in [0, 0.05) is 31.9 Å². The van der Waals surface area contributed by atoms with E-state index in [1.165, 1.54) is 0 Å². The highest BCUT2D eigenvalue weighted by molar-refractivity contribution is 6.33. The van der Waals surface area contributed by atoms with E-state index in [-0.39, 0.29) is 5.91 Å². The van der Waals surface area contributed by atoms with Gasteiger partial charge in [0.25, 0.3) is 5.91 Å². The van der Waals surface area contributed by atoms with Crippen molar-refractivity contribution in [2.24, 2.45) is 0 Å². The van der Waals surface area contributed by atoms with Crippen LogP contribution < -0.4 is 5.32 Å². The molecule has 1 aliphatic rings. The number of halogens is 1. The molecule has 1 N–H and O–H groups in total. The van der Waals surface area contributed by atoms with E-state index in [1.807, 2.05) is 25.9 Å². The van der Waals surface area contributed by atoms with Gasteiger partial charge in [-0.1, -0.05) is 11.6 Å². The molecule has 1 unspecified atom stereocenters. The first-order valence-corrected chi connectivity index (χ1v) is 7.25. The van der Waals surface area contributed by atoms with Crippen LogP contribution in [0.3, 0.4) is 0 Å². The van der Waals surface area contributed by atoms with Crippen molar-refractivity contribution < 1.29 is 4.79 Å². The molecular weight excluding hydrogens is 276 g/mol. The Morgan fingerprint density at radius 2 is 2.35 bits per heavy atom. The fourth-order valence-electron chi connectivity index (χ4n) is 2.38. The fraction of sp³-hybridized carbons (Fsp3) is 0.571. The summed E-state index contributed by atoms with van der Waals surface area (Å²) in [7, 11) is 4.09. The van der Waals surface area contributed by atoms with Crippen molar-refractivity contribution in [2.75, 3.05) is 39.0 Å². The van der Waals surface area contributed by atoms with Crippen molar-refractivity contribution >= 4 is 23.3 Å². The molecule has 0 aromatic carbocycles. The minimum absolute atomic E-state index is 0.00629. The van der Waals surface area contributed by atoms with E-state index in [1.54, 1.807) is 12.3 Å². The van der Waals surface area contributed by atoms with Crippen LogP contribution in [-0.2, 0) is 0 Å². The molecule has 1 saturated heterocycles. The van der Waals surface area contributed by atoms with Crippen molar-refractivity contribution in [3.05, 3.63) is 22.8 Å². The van der Waals surface area contributed by atoms with E-state index in [0.29, 0.717) is 22.4 Å². The van der Waals surface area contributed by atoms with E-state index in [4.69, 9.17) is 11.6 Å². The molecule has 0 saturated carbocycles. The quantitative estimate of drug-likeness (QED) is 0.922. The minimum Gasteiger partial charge on any atom is -0.369 e. The molecule has 2 heterocycles.